The van der Waals surface area contributed by atoms with E-state index in [4.69, 9.17) is 4.74 Å². The molecule has 1 aliphatic carbocycles. The smallest absolute Gasteiger partial charge is 0.269 e. The molecule has 0 radical (unpaired) electrons. The van der Waals surface area contributed by atoms with Crippen LogP contribution in [0.3, 0.4) is 0 Å². The summed E-state index contributed by atoms with van der Waals surface area (Å²) < 4.78 is 19.7. The van der Waals surface area contributed by atoms with Gasteiger partial charge in [-0.25, -0.2) is 14.4 Å². The largest absolute Gasteiger partial charge is 0.438 e. The van der Waals surface area contributed by atoms with Gasteiger partial charge in [0.05, 0.1) is 18.7 Å². The number of ether oxygens (including phenoxy) is 1. The summed E-state index contributed by atoms with van der Waals surface area (Å²) in [6.07, 6.45) is 8.73. The number of aromatic amines is 1. The summed E-state index contributed by atoms with van der Waals surface area (Å²) in [4.78, 5) is 36.7. The molecule has 0 atom stereocenters. The Morgan fingerprint density at radius 3 is 2.48 bits per heavy atom. The lowest BCUT2D eigenvalue weighted by atomic mass is 9.91. The van der Waals surface area contributed by atoms with Crippen LogP contribution in [-0.4, -0.2) is 45.1 Å². The van der Waals surface area contributed by atoms with Crippen LogP contribution in [0.15, 0.2) is 53.9 Å². The Labute approximate surface area is 194 Å². The zero-order valence-electron chi connectivity index (χ0n) is 18.0. The first kappa shape index (κ1) is 22.8. The zero-order chi connectivity index (χ0) is 23.2. The molecule has 33 heavy (non-hydrogen) atoms. The molecule has 1 aliphatic rings. The molecule has 2 aromatic heterocycles. The number of aromatic nitrogens is 3. The van der Waals surface area contributed by atoms with Gasteiger partial charge in [-0.3, -0.25) is 9.59 Å². The minimum Gasteiger partial charge on any atom is -0.438 e. The van der Waals surface area contributed by atoms with Crippen molar-refractivity contribution in [2.24, 2.45) is 0 Å². The van der Waals surface area contributed by atoms with Crippen molar-refractivity contribution in [2.45, 2.75) is 42.7 Å². The molecule has 10 heteroatoms. The molecule has 2 heterocycles. The molecule has 172 valence electrons. The molecule has 0 bridgehead atoms. The second-order valence-electron chi connectivity index (χ2n) is 7.75. The summed E-state index contributed by atoms with van der Waals surface area (Å²) in [6.45, 7) is 0. The number of carbonyl (C=O) groups excluding carboxylic acids is 2. The van der Waals surface area contributed by atoms with E-state index < -0.39 is 11.7 Å². The van der Waals surface area contributed by atoms with Crippen LogP contribution in [0.5, 0.6) is 11.6 Å². The first-order valence-corrected chi connectivity index (χ1v) is 11.8. The fourth-order valence-corrected chi connectivity index (χ4v) is 4.18. The van der Waals surface area contributed by atoms with E-state index in [-0.39, 0.29) is 29.4 Å². The highest BCUT2D eigenvalue weighted by Gasteiger charge is 2.26. The van der Waals surface area contributed by atoms with Crippen LogP contribution >= 0.6 is 11.8 Å². The number of nitrogens with zero attached hydrogens (tertiary/aromatic N) is 2. The lowest BCUT2D eigenvalue weighted by Crippen LogP contribution is -2.44. The predicted octanol–water partition coefficient (Wildman–Crippen LogP) is 3.93. The normalized spacial score (nSPS) is 17.9. The van der Waals surface area contributed by atoms with Crippen LogP contribution in [0.1, 0.15) is 46.5 Å². The summed E-state index contributed by atoms with van der Waals surface area (Å²) in [5.74, 6) is -0.687. The van der Waals surface area contributed by atoms with Gasteiger partial charge in [-0.15, -0.1) is 11.8 Å². The highest BCUT2D eigenvalue weighted by molar-refractivity contribution is 7.98. The van der Waals surface area contributed by atoms with Gasteiger partial charge in [0.2, 0.25) is 5.88 Å². The molecule has 8 nitrogen and oxygen atoms in total. The van der Waals surface area contributed by atoms with Crippen LogP contribution in [0.25, 0.3) is 0 Å². The lowest BCUT2D eigenvalue weighted by Gasteiger charge is -2.29. The number of nitrogens with one attached hydrogen (secondary N) is 3. The maximum atomic E-state index is 13.9. The number of amides is 2. The van der Waals surface area contributed by atoms with Crippen LogP contribution < -0.4 is 15.4 Å². The average molecular weight is 470 g/mol. The summed E-state index contributed by atoms with van der Waals surface area (Å²) >= 11 is 1.56. The highest BCUT2D eigenvalue weighted by atomic mass is 32.2. The quantitative estimate of drug-likeness (QED) is 0.453. The van der Waals surface area contributed by atoms with E-state index in [1.165, 1.54) is 12.5 Å². The average Bonchev–Trinajstić information content (AvgIpc) is 3.37. The SMILES string of the molecule is CSc1cccc(Oc2ncc(F)cc2C(=O)NC2CCC(NC(=O)c3cnc[nH]3)CC2)c1. The molecule has 0 saturated heterocycles. The van der Waals surface area contributed by atoms with Gasteiger partial charge in [0, 0.05) is 17.0 Å². The topological polar surface area (TPSA) is 109 Å². The number of benzene rings is 1. The summed E-state index contributed by atoms with van der Waals surface area (Å²) in [6, 6.07) is 8.43. The lowest BCUT2D eigenvalue weighted by molar-refractivity contribution is 0.0888. The van der Waals surface area contributed by atoms with E-state index in [1.54, 1.807) is 17.8 Å². The standard InChI is InChI=1S/C23H24FN5O3S/c1-33-18-4-2-3-17(10-18)32-23-19(9-14(24)11-26-23)21(30)28-15-5-7-16(8-6-15)29-22(31)20-12-25-13-27-20/h2-4,9-13,15-16H,5-8H2,1H3,(H,25,27)(H,28,30)(H,29,31). The fourth-order valence-electron chi connectivity index (χ4n) is 3.74. The van der Waals surface area contributed by atoms with Gasteiger partial charge >= 0.3 is 0 Å². The summed E-state index contributed by atoms with van der Waals surface area (Å²) in [5, 5.41) is 5.93. The Bertz CT molecular complexity index is 1120. The van der Waals surface area contributed by atoms with Crippen molar-refractivity contribution >= 4 is 23.6 Å². The van der Waals surface area contributed by atoms with Gasteiger partial charge in [0.15, 0.2) is 0 Å². The van der Waals surface area contributed by atoms with E-state index in [1.807, 2.05) is 24.5 Å². The number of thioether (sulfide) groups is 1. The number of imidazole rings is 1. The van der Waals surface area contributed by atoms with Crippen LogP contribution in [-0.2, 0) is 0 Å². The number of rotatable bonds is 7. The molecule has 4 rings (SSSR count). The van der Waals surface area contributed by atoms with Crippen molar-refractivity contribution in [3.8, 4) is 11.6 Å². The molecule has 1 saturated carbocycles. The third kappa shape index (κ3) is 5.89. The summed E-state index contributed by atoms with van der Waals surface area (Å²) in [7, 11) is 0. The van der Waals surface area contributed by atoms with Crippen molar-refractivity contribution in [1.29, 1.82) is 0 Å². The first-order valence-electron chi connectivity index (χ1n) is 10.6. The molecule has 3 aromatic rings. The van der Waals surface area contributed by atoms with E-state index in [2.05, 4.69) is 25.6 Å². The molecule has 0 spiro atoms. The van der Waals surface area contributed by atoms with E-state index in [0.29, 0.717) is 24.3 Å². The Morgan fingerprint density at radius 2 is 1.82 bits per heavy atom. The number of carbonyl (C=O) groups is 2. The van der Waals surface area contributed by atoms with Crippen molar-refractivity contribution in [1.82, 2.24) is 25.6 Å². The second kappa shape index (κ2) is 10.5. The number of pyridine rings is 1. The maximum absolute atomic E-state index is 13.9. The Kier molecular flexibility index (Phi) is 7.23. The van der Waals surface area contributed by atoms with E-state index in [0.717, 1.165) is 30.0 Å². The number of H-pyrrole nitrogens is 1. The van der Waals surface area contributed by atoms with E-state index >= 15 is 0 Å². The van der Waals surface area contributed by atoms with Gasteiger partial charge in [-0.1, -0.05) is 6.07 Å². The van der Waals surface area contributed by atoms with Gasteiger partial charge in [0.1, 0.15) is 22.8 Å². The van der Waals surface area contributed by atoms with Crippen molar-refractivity contribution < 1.29 is 18.7 Å². The molecule has 1 fully saturated rings. The van der Waals surface area contributed by atoms with Crippen LogP contribution in [0, 0.1) is 5.82 Å². The second-order valence-corrected chi connectivity index (χ2v) is 8.63. The first-order chi connectivity index (χ1) is 16.0. The number of hydrogen-bond acceptors (Lipinski definition) is 6. The van der Waals surface area contributed by atoms with E-state index in [9.17, 15) is 14.0 Å². The number of hydrogen-bond donors (Lipinski definition) is 3. The molecule has 0 unspecified atom stereocenters. The molecular formula is C23H24FN5O3S. The fraction of sp³-hybridized carbons (Fsp3) is 0.304. The molecule has 3 N–H and O–H groups in total. The van der Waals surface area contributed by atoms with Crippen LogP contribution in [0.2, 0.25) is 0 Å². The minimum atomic E-state index is -0.615. The predicted molar refractivity (Wildman–Crippen MR) is 122 cm³/mol. The third-order valence-corrected chi connectivity index (χ3v) is 6.18. The third-order valence-electron chi connectivity index (χ3n) is 5.46. The maximum Gasteiger partial charge on any atom is 0.269 e. The van der Waals surface area contributed by atoms with Gasteiger partial charge < -0.3 is 20.4 Å². The Hall–Kier alpha value is -3.40. The Morgan fingerprint density at radius 1 is 1.09 bits per heavy atom. The molecule has 0 aliphatic heterocycles. The highest BCUT2D eigenvalue weighted by Crippen LogP contribution is 2.28. The number of halogens is 1. The van der Waals surface area contributed by atoms with Crippen molar-refractivity contribution in [2.75, 3.05) is 6.26 Å². The van der Waals surface area contributed by atoms with Crippen LogP contribution in [0.4, 0.5) is 4.39 Å². The van der Waals surface area contributed by atoms with Crippen molar-refractivity contribution in [3.05, 3.63) is 66.1 Å². The monoisotopic (exact) mass is 469 g/mol. The zero-order valence-corrected chi connectivity index (χ0v) is 18.8. The van der Waals surface area contributed by atoms with Gasteiger partial charge in [-0.05, 0) is 56.2 Å². The molecular weight excluding hydrogens is 445 g/mol. The minimum absolute atomic E-state index is 0.0207. The van der Waals surface area contributed by atoms with Gasteiger partial charge in [-0.2, -0.15) is 0 Å². The molecule has 1 aromatic carbocycles. The summed E-state index contributed by atoms with van der Waals surface area (Å²) in [5.41, 5.74) is 0.457. The Balaban J connectivity index is 1.36. The molecule has 2 amide bonds. The van der Waals surface area contributed by atoms with Crippen molar-refractivity contribution in [3.63, 3.8) is 0 Å². The van der Waals surface area contributed by atoms with Gasteiger partial charge in [0.25, 0.3) is 11.8 Å².